The Kier molecular flexibility index (Phi) is 2.56. The largest absolute Gasteiger partial charge is 0.294 e. The van der Waals surface area contributed by atoms with Crippen LogP contribution in [0.25, 0.3) is 0 Å². The SMILES string of the molecule is C[C@]12CC[C@@H]3C4=C(CCCC4)CC[C@H]3[C@@H]1C=CC2=O. The summed E-state index contributed by atoms with van der Waals surface area (Å²) in [6.07, 6.45) is 14.7. The van der Waals surface area contributed by atoms with Crippen LogP contribution in [0, 0.1) is 23.2 Å². The standard InChI is InChI=1S/C18H24O/c1-18-11-10-14-13-5-3-2-4-12(13)6-7-15(14)16(18)8-9-17(18)19/h8-9,14-16H,2-7,10-11H2,1H3/t14-,15-,16+,18+/m1/s1. The lowest BCUT2D eigenvalue weighted by Crippen LogP contribution is -2.44. The topological polar surface area (TPSA) is 17.1 Å². The van der Waals surface area contributed by atoms with E-state index in [4.69, 9.17) is 0 Å². The van der Waals surface area contributed by atoms with Gasteiger partial charge in [-0.25, -0.2) is 0 Å². The van der Waals surface area contributed by atoms with Crippen molar-refractivity contribution >= 4 is 5.78 Å². The van der Waals surface area contributed by atoms with Crippen LogP contribution in [0.4, 0.5) is 0 Å². The van der Waals surface area contributed by atoms with Crippen LogP contribution in [0.3, 0.4) is 0 Å². The molecule has 1 saturated carbocycles. The van der Waals surface area contributed by atoms with E-state index in [2.05, 4.69) is 13.0 Å². The summed E-state index contributed by atoms with van der Waals surface area (Å²) in [6.45, 7) is 2.22. The fourth-order valence-corrected chi connectivity index (χ4v) is 5.46. The maximum Gasteiger partial charge on any atom is 0.161 e. The van der Waals surface area contributed by atoms with Crippen LogP contribution in [0.2, 0.25) is 0 Å². The predicted molar refractivity (Wildman–Crippen MR) is 76.7 cm³/mol. The fraction of sp³-hybridized carbons (Fsp3) is 0.722. The summed E-state index contributed by atoms with van der Waals surface area (Å²) in [5, 5.41) is 0. The van der Waals surface area contributed by atoms with Crippen LogP contribution in [0.15, 0.2) is 23.3 Å². The van der Waals surface area contributed by atoms with Crippen molar-refractivity contribution < 1.29 is 4.79 Å². The Morgan fingerprint density at radius 1 is 1.16 bits per heavy atom. The van der Waals surface area contributed by atoms with Gasteiger partial charge in [0.2, 0.25) is 0 Å². The molecule has 4 aliphatic rings. The van der Waals surface area contributed by atoms with Gasteiger partial charge in [0.1, 0.15) is 0 Å². The Morgan fingerprint density at radius 2 is 2.00 bits per heavy atom. The first-order chi connectivity index (χ1) is 9.20. The van der Waals surface area contributed by atoms with E-state index in [0.717, 1.165) is 18.3 Å². The molecule has 4 aliphatic carbocycles. The summed E-state index contributed by atoms with van der Waals surface area (Å²) >= 11 is 0. The predicted octanol–water partition coefficient (Wildman–Crippen LogP) is 4.44. The fourth-order valence-electron chi connectivity index (χ4n) is 5.46. The number of allylic oxidation sites excluding steroid dienone is 4. The monoisotopic (exact) mass is 256 g/mol. The molecule has 0 saturated heterocycles. The number of carbonyl (C=O) groups excluding carboxylic acids is 1. The smallest absolute Gasteiger partial charge is 0.161 e. The molecular formula is C18H24O. The van der Waals surface area contributed by atoms with E-state index in [1.54, 1.807) is 0 Å². The second-order valence-corrected chi connectivity index (χ2v) is 7.35. The van der Waals surface area contributed by atoms with Gasteiger partial charge in [-0.1, -0.05) is 24.1 Å². The van der Waals surface area contributed by atoms with E-state index < -0.39 is 0 Å². The van der Waals surface area contributed by atoms with Crippen molar-refractivity contribution in [3.63, 3.8) is 0 Å². The molecule has 0 spiro atoms. The van der Waals surface area contributed by atoms with Gasteiger partial charge in [0.25, 0.3) is 0 Å². The first kappa shape index (κ1) is 11.9. The van der Waals surface area contributed by atoms with Gasteiger partial charge >= 0.3 is 0 Å². The summed E-state index contributed by atoms with van der Waals surface area (Å²) < 4.78 is 0. The molecular weight excluding hydrogens is 232 g/mol. The molecule has 4 rings (SSSR count). The van der Waals surface area contributed by atoms with Crippen molar-refractivity contribution in [3.05, 3.63) is 23.3 Å². The second-order valence-electron chi connectivity index (χ2n) is 7.35. The molecule has 0 radical (unpaired) electrons. The number of hydrogen-bond acceptors (Lipinski definition) is 1. The Labute approximate surface area is 116 Å². The average molecular weight is 256 g/mol. The molecule has 0 aromatic heterocycles. The second kappa shape index (κ2) is 4.07. The van der Waals surface area contributed by atoms with Crippen molar-refractivity contribution in [2.75, 3.05) is 0 Å². The van der Waals surface area contributed by atoms with Gasteiger partial charge in [-0.15, -0.1) is 0 Å². The number of fused-ring (bicyclic) bond motifs is 4. The van der Waals surface area contributed by atoms with E-state index in [9.17, 15) is 4.79 Å². The summed E-state index contributed by atoms with van der Waals surface area (Å²) in [7, 11) is 0. The maximum atomic E-state index is 12.2. The lowest BCUT2D eigenvalue weighted by atomic mass is 9.54. The normalized spacial score (nSPS) is 44.9. The van der Waals surface area contributed by atoms with Gasteiger partial charge in [0.05, 0.1) is 0 Å². The Hall–Kier alpha value is -0.850. The minimum absolute atomic E-state index is 0.0477. The zero-order valence-corrected chi connectivity index (χ0v) is 12.0. The van der Waals surface area contributed by atoms with Crippen LogP contribution in [0.1, 0.15) is 58.3 Å². The van der Waals surface area contributed by atoms with E-state index in [-0.39, 0.29) is 5.41 Å². The molecule has 1 heteroatoms. The van der Waals surface area contributed by atoms with Crippen LogP contribution >= 0.6 is 0 Å². The molecule has 0 aromatic rings. The van der Waals surface area contributed by atoms with Gasteiger partial charge < -0.3 is 0 Å². The average Bonchev–Trinajstić information content (AvgIpc) is 2.75. The quantitative estimate of drug-likeness (QED) is 0.586. The van der Waals surface area contributed by atoms with Crippen LogP contribution in [0.5, 0.6) is 0 Å². The van der Waals surface area contributed by atoms with Gasteiger partial charge in [0.15, 0.2) is 5.78 Å². The third-order valence-electron chi connectivity index (χ3n) is 6.56. The molecule has 0 bridgehead atoms. The Morgan fingerprint density at radius 3 is 2.89 bits per heavy atom. The summed E-state index contributed by atoms with van der Waals surface area (Å²) in [4.78, 5) is 12.2. The third kappa shape index (κ3) is 1.57. The van der Waals surface area contributed by atoms with E-state index in [1.165, 1.54) is 44.9 Å². The van der Waals surface area contributed by atoms with Crippen molar-refractivity contribution in [3.8, 4) is 0 Å². The Balaban J connectivity index is 1.69. The summed E-state index contributed by atoms with van der Waals surface area (Å²) in [5.74, 6) is 2.52. The molecule has 0 heterocycles. The minimum Gasteiger partial charge on any atom is -0.294 e. The highest BCUT2D eigenvalue weighted by Gasteiger charge is 2.52. The van der Waals surface area contributed by atoms with E-state index in [0.29, 0.717) is 11.7 Å². The highest BCUT2D eigenvalue weighted by Crippen LogP contribution is 2.57. The molecule has 0 aromatic carbocycles. The first-order valence-corrected chi connectivity index (χ1v) is 8.13. The number of carbonyl (C=O) groups is 1. The summed E-state index contributed by atoms with van der Waals surface area (Å²) in [6, 6.07) is 0. The molecule has 0 amide bonds. The maximum absolute atomic E-state index is 12.2. The van der Waals surface area contributed by atoms with E-state index in [1.807, 2.05) is 17.2 Å². The zero-order valence-electron chi connectivity index (χ0n) is 12.0. The molecule has 0 aliphatic heterocycles. The first-order valence-electron chi connectivity index (χ1n) is 8.13. The number of hydrogen-bond donors (Lipinski definition) is 0. The molecule has 19 heavy (non-hydrogen) atoms. The Bertz CT molecular complexity index is 484. The lowest BCUT2D eigenvalue weighted by Gasteiger charge is -2.49. The van der Waals surface area contributed by atoms with Gasteiger partial charge in [-0.2, -0.15) is 0 Å². The van der Waals surface area contributed by atoms with Crippen LogP contribution < -0.4 is 0 Å². The highest BCUT2D eigenvalue weighted by atomic mass is 16.1. The van der Waals surface area contributed by atoms with Gasteiger partial charge in [0, 0.05) is 5.41 Å². The van der Waals surface area contributed by atoms with Crippen LogP contribution in [-0.4, -0.2) is 5.78 Å². The number of ketones is 1. The molecule has 0 unspecified atom stereocenters. The number of rotatable bonds is 0. The van der Waals surface area contributed by atoms with Crippen molar-refractivity contribution in [1.82, 2.24) is 0 Å². The molecule has 102 valence electrons. The van der Waals surface area contributed by atoms with Crippen molar-refractivity contribution in [1.29, 1.82) is 0 Å². The molecule has 1 nitrogen and oxygen atoms in total. The minimum atomic E-state index is -0.0477. The van der Waals surface area contributed by atoms with Gasteiger partial charge in [-0.05, 0) is 75.2 Å². The van der Waals surface area contributed by atoms with Crippen LogP contribution in [-0.2, 0) is 4.79 Å². The van der Waals surface area contributed by atoms with Crippen molar-refractivity contribution in [2.45, 2.75) is 58.3 Å². The van der Waals surface area contributed by atoms with Gasteiger partial charge in [-0.3, -0.25) is 4.79 Å². The third-order valence-corrected chi connectivity index (χ3v) is 6.56. The van der Waals surface area contributed by atoms with Crippen molar-refractivity contribution in [2.24, 2.45) is 23.2 Å². The summed E-state index contributed by atoms with van der Waals surface area (Å²) in [5.41, 5.74) is 3.59. The highest BCUT2D eigenvalue weighted by molar-refractivity contribution is 5.97. The molecule has 1 fully saturated rings. The molecule has 0 N–H and O–H groups in total. The zero-order chi connectivity index (χ0) is 13.0. The van der Waals surface area contributed by atoms with E-state index >= 15 is 0 Å². The molecule has 4 atom stereocenters. The lowest BCUT2D eigenvalue weighted by molar-refractivity contribution is -0.127.